The topological polar surface area (TPSA) is 70.1 Å². The third-order valence-electron chi connectivity index (χ3n) is 5.77. The SMILES string of the molecule is O=C(O)C(F)(F)F.O=C1CCCN1C[C@H]1CO[C@@H]2CN(Cc3ccc(Cl)c(F)c3)C[C@H]12. The molecule has 0 unspecified atom stereocenters. The summed E-state index contributed by atoms with van der Waals surface area (Å²) in [5.74, 6) is -1.95. The molecule has 11 heteroatoms. The Balaban J connectivity index is 0.000000339. The number of aliphatic carboxylic acids is 1. The van der Waals surface area contributed by atoms with Gasteiger partial charge in [-0.25, -0.2) is 9.18 Å². The van der Waals surface area contributed by atoms with Crippen molar-refractivity contribution >= 4 is 23.5 Å². The Morgan fingerprint density at radius 2 is 2.00 bits per heavy atom. The summed E-state index contributed by atoms with van der Waals surface area (Å²) in [5, 5.41) is 7.29. The maximum Gasteiger partial charge on any atom is 0.490 e. The standard InChI is InChI=1S/C18H22ClFN2O2.C2HF3O2/c19-15-4-3-12(6-16(15)20)7-21-9-14-13(11-24-17(14)10-21)8-22-5-1-2-18(22)23;3-2(4,5)1(6)7/h3-4,6,13-14,17H,1-2,5,7-11H2;(H,6,7)/t13-,14+,17+;/m0./s1. The molecule has 0 radical (unpaired) electrons. The van der Waals surface area contributed by atoms with E-state index in [-0.39, 0.29) is 22.9 Å². The number of halogens is 5. The third kappa shape index (κ3) is 6.08. The maximum absolute atomic E-state index is 13.6. The van der Waals surface area contributed by atoms with Gasteiger partial charge in [-0.15, -0.1) is 0 Å². The van der Waals surface area contributed by atoms with E-state index < -0.39 is 12.1 Å². The van der Waals surface area contributed by atoms with E-state index in [1.165, 1.54) is 6.07 Å². The van der Waals surface area contributed by atoms with Crippen molar-refractivity contribution in [3.63, 3.8) is 0 Å². The number of ether oxygens (including phenoxy) is 1. The Morgan fingerprint density at radius 3 is 2.58 bits per heavy atom. The average molecular weight is 467 g/mol. The molecule has 1 aromatic rings. The fraction of sp³-hybridized carbons (Fsp3) is 0.600. The van der Waals surface area contributed by atoms with Gasteiger partial charge in [-0.2, -0.15) is 13.2 Å². The van der Waals surface area contributed by atoms with Gasteiger partial charge in [0.25, 0.3) is 0 Å². The zero-order chi connectivity index (χ0) is 22.8. The molecular formula is C20H23ClF4N2O4. The van der Waals surface area contributed by atoms with Crippen LogP contribution in [0, 0.1) is 17.7 Å². The summed E-state index contributed by atoms with van der Waals surface area (Å²) in [6.07, 6.45) is -3.17. The molecule has 0 spiro atoms. The summed E-state index contributed by atoms with van der Waals surface area (Å²) in [7, 11) is 0. The zero-order valence-electron chi connectivity index (χ0n) is 16.6. The van der Waals surface area contributed by atoms with Crippen LogP contribution < -0.4 is 0 Å². The predicted octanol–water partition coefficient (Wildman–Crippen LogP) is 3.18. The summed E-state index contributed by atoms with van der Waals surface area (Å²) in [4.78, 5) is 25.1. The molecule has 3 fully saturated rings. The summed E-state index contributed by atoms with van der Waals surface area (Å²) >= 11 is 5.75. The Morgan fingerprint density at radius 1 is 1.29 bits per heavy atom. The highest BCUT2D eigenvalue weighted by Gasteiger charge is 2.44. The lowest BCUT2D eigenvalue weighted by molar-refractivity contribution is -0.192. The fourth-order valence-electron chi connectivity index (χ4n) is 4.27. The van der Waals surface area contributed by atoms with Gasteiger partial charge < -0.3 is 14.7 Å². The first-order valence-corrected chi connectivity index (χ1v) is 10.3. The van der Waals surface area contributed by atoms with E-state index in [4.69, 9.17) is 26.2 Å². The zero-order valence-corrected chi connectivity index (χ0v) is 17.3. The summed E-state index contributed by atoms with van der Waals surface area (Å²) in [6, 6.07) is 5.00. The predicted molar refractivity (Wildman–Crippen MR) is 103 cm³/mol. The van der Waals surface area contributed by atoms with Crippen molar-refractivity contribution in [3.05, 3.63) is 34.6 Å². The van der Waals surface area contributed by atoms with E-state index in [9.17, 15) is 22.4 Å². The van der Waals surface area contributed by atoms with Gasteiger partial charge in [-0.1, -0.05) is 17.7 Å². The van der Waals surface area contributed by atoms with Crippen LogP contribution in [-0.2, 0) is 20.9 Å². The molecule has 0 bridgehead atoms. The third-order valence-corrected chi connectivity index (χ3v) is 6.08. The fourth-order valence-corrected chi connectivity index (χ4v) is 4.39. The highest BCUT2D eigenvalue weighted by molar-refractivity contribution is 6.30. The van der Waals surface area contributed by atoms with E-state index in [1.54, 1.807) is 6.07 Å². The number of amides is 1. The van der Waals surface area contributed by atoms with Crippen LogP contribution in [0.3, 0.4) is 0 Å². The molecule has 0 aliphatic carbocycles. The summed E-state index contributed by atoms with van der Waals surface area (Å²) in [6.45, 7) is 4.99. The van der Waals surface area contributed by atoms with Crippen molar-refractivity contribution in [2.24, 2.45) is 11.8 Å². The van der Waals surface area contributed by atoms with E-state index in [0.29, 0.717) is 24.8 Å². The lowest BCUT2D eigenvalue weighted by Gasteiger charge is -2.24. The number of fused-ring (bicyclic) bond motifs is 1. The molecule has 3 heterocycles. The van der Waals surface area contributed by atoms with Crippen LogP contribution in [0.15, 0.2) is 18.2 Å². The van der Waals surface area contributed by atoms with Crippen molar-refractivity contribution in [3.8, 4) is 0 Å². The lowest BCUT2D eigenvalue weighted by atomic mass is 9.93. The molecule has 172 valence electrons. The second kappa shape index (κ2) is 9.70. The van der Waals surface area contributed by atoms with E-state index >= 15 is 0 Å². The van der Waals surface area contributed by atoms with Crippen molar-refractivity contribution in [1.82, 2.24) is 9.80 Å². The molecule has 0 aromatic heterocycles. The number of carbonyl (C=O) groups is 2. The average Bonchev–Trinajstić information content (AvgIpc) is 3.36. The molecular weight excluding hydrogens is 444 g/mol. The van der Waals surface area contributed by atoms with Crippen LogP contribution in [0.25, 0.3) is 0 Å². The van der Waals surface area contributed by atoms with Crippen molar-refractivity contribution in [2.75, 3.05) is 32.8 Å². The molecule has 3 aliphatic heterocycles. The van der Waals surface area contributed by atoms with Gasteiger partial charge in [0.1, 0.15) is 5.82 Å². The van der Waals surface area contributed by atoms with Crippen LogP contribution in [0.4, 0.5) is 17.6 Å². The molecule has 3 aliphatic rings. The number of rotatable bonds is 4. The van der Waals surface area contributed by atoms with Gasteiger partial charge in [0.2, 0.25) is 5.91 Å². The number of alkyl halides is 3. The maximum atomic E-state index is 13.6. The Hall–Kier alpha value is -1.91. The highest BCUT2D eigenvalue weighted by Crippen LogP contribution is 2.35. The van der Waals surface area contributed by atoms with Gasteiger partial charge in [0.05, 0.1) is 17.7 Å². The molecule has 1 N–H and O–H groups in total. The van der Waals surface area contributed by atoms with E-state index in [0.717, 1.165) is 44.8 Å². The molecule has 3 saturated heterocycles. The number of carboxylic acids is 1. The van der Waals surface area contributed by atoms with Gasteiger partial charge >= 0.3 is 12.1 Å². The first-order chi connectivity index (χ1) is 14.5. The number of nitrogens with zero attached hydrogens (tertiary/aromatic N) is 2. The number of carboxylic acid groups (broad SMARTS) is 1. The van der Waals surface area contributed by atoms with Gasteiger partial charge in [-0.05, 0) is 24.1 Å². The molecule has 31 heavy (non-hydrogen) atoms. The van der Waals surface area contributed by atoms with Gasteiger partial charge in [0, 0.05) is 51.0 Å². The van der Waals surface area contributed by atoms with Crippen molar-refractivity contribution in [2.45, 2.75) is 31.7 Å². The van der Waals surface area contributed by atoms with Crippen LogP contribution in [0.1, 0.15) is 18.4 Å². The molecule has 6 nitrogen and oxygen atoms in total. The highest BCUT2D eigenvalue weighted by atomic mass is 35.5. The number of hydrogen-bond acceptors (Lipinski definition) is 4. The van der Waals surface area contributed by atoms with E-state index in [2.05, 4.69) is 4.90 Å². The molecule has 3 atom stereocenters. The molecule has 0 saturated carbocycles. The molecule has 4 rings (SSSR count). The minimum absolute atomic E-state index is 0.163. The van der Waals surface area contributed by atoms with Crippen molar-refractivity contribution < 1.29 is 37.0 Å². The van der Waals surface area contributed by atoms with Gasteiger partial charge in [-0.3, -0.25) is 9.69 Å². The Kier molecular flexibility index (Phi) is 7.43. The number of benzene rings is 1. The Bertz CT molecular complexity index is 823. The lowest BCUT2D eigenvalue weighted by Crippen LogP contribution is -2.35. The number of hydrogen-bond donors (Lipinski definition) is 1. The first kappa shape index (κ1) is 23.7. The van der Waals surface area contributed by atoms with Crippen LogP contribution in [0.2, 0.25) is 5.02 Å². The Labute approximate surface area is 181 Å². The normalized spacial score (nSPS) is 26.0. The van der Waals surface area contributed by atoms with Crippen LogP contribution in [-0.4, -0.2) is 71.8 Å². The quantitative estimate of drug-likeness (QED) is 0.690. The molecule has 1 amide bonds. The second-order valence-corrected chi connectivity index (χ2v) is 8.39. The van der Waals surface area contributed by atoms with Crippen molar-refractivity contribution in [1.29, 1.82) is 0 Å². The smallest absolute Gasteiger partial charge is 0.475 e. The first-order valence-electron chi connectivity index (χ1n) is 9.90. The van der Waals surface area contributed by atoms with Crippen LogP contribution in [0.5, 0.6) is 0 Å². The second-order valence-electron chi connectivity index (χ2n) is 7.98. The minimum Gasteiger partial charge on any atom is -0.475 e. The largest absolute Gasteiger partial charge is 0.490 e. The summed E-state index contributed by atoms with van der Waals surface area (Å²) in [5.41, 5.74) is 0.933. The number of carbonyl (C=O) groups excluding carboxylic acids is 1. The molecule has 1 aromatic carbocycles. The van der Waals surface area contributed by atoms with Crippen LogP contribution >= 0.6 is 11.6 Å². The summed E-state index contributed by atoms with van der Waals surface area (Å²) < 4.78 is 51.3. The van der Waals surface area contributed by atoms with E-state index in [1.807, 2.05) is 11.0 Å². The van der Waals surface area contributed by atoms with Gasteiger partial charge in [0.15, 0.2) is 0 Å². The monoisotopic (exact) mass is 466 g/mol. The minimum atomic E-state index is -5.08. The number of likely N-dealkylation sites (tertiary alicyclic amines) is 2.